The fourth-order valence-electron chi connectivity index (χ4n) is 1.43. The number of nitrogens with zero attached hydrogens (tertiary/aromatic N) is 2. The van der Waals surface area contributed by atoms with Crippen molar-refractivity contribution in [3.8, 4) is 0 Å². The minimum Gasteiger partial charge on any atom is -0.261 e. The van der Waals surface area contributed by atoms with E-state index in [0.717, 1.165) is 16.5 Å². The Morgan fingerprint density at radius 1 is 1.36 bits per heavy atom. The third-order valence-electron chi connectivity index (χ3n) is 2.16. The number of non-ortho nitro benzene ring substituents is 1. The van der Waals surface area contributed by atoms with Gasteiger partial charge in [0.25, 0.3) is 5.69 Å². The topological polar surface area (TPSA) is 56.0 Å². The normalized spacial score (nSPS) is 10.4. The van der Waals surface area contributed by atoms with Gasteiger partial charge in [-0.1, -0.05) is 0 Å². The zero-order valence-electron chi connectivity index (χ0n) is 7.60. The van der Waals surface area contributed by atoms with Gasteiger partial charge in [0.05, 0.1) is 4.92 Å². The van der Waals surface area contributed by atoms with Gasteiger partial charge < -0.3 is 0 Å². The summed E-state index contributed by atoms with van der Waals surface area (Å²) in [6, 6.07) is 6.56. The SMILES string of the molecule is Cc1nccc2cc([N+](=O)[O-])ccc12. The molecular weight excluding hydrogens is 180 g/mol. The van der Waals surface area contributed by atoms with Crippen molar-refractivity contribution in [2.24, 2.45) is 0 Å². The van der Waals surface area contributed by atoms with Gasteiger partial charge in [0.2, 0.25) is 0 Å². The summed E-state index contributed by atoms with van der Waals surface area (Å²) in [6.45, 7) is 1.88. The Hall–Kier alpha value is -1.97. The van der Waals surface area contributed by atoms with Gasteiger partial charge in [-0.05, 0) is 24.4 Å². The predicted octanol–water partition coefficient (Wildman–Crippen LogP) is 2.45. The van der Waals surface area contributed by atoms with Gasteiger partial charge >= 0.3 is 0 Å². The molecule has 0 N–H and O–H groups in total. The fraction of sp³-hybridized carbons (Fsp3) is 0.100. The smallest absolute Gasteiger partial charge is 0.261 e. The van der Waals surface area contributed by atoms with E-state index < -0.39 is 4.92 Å². The maximum absolute atomic E-state index is 10.5. The molecule has 1 heterocycles. The second-order valence-corrected chi connectivity index (χ2v) is 3.06. The maximum atomic E-state index is 10.5. The number of nitro groups is 1. The summed E-state index contributed by atoms with van der Waals surface area (Å²) in [5, 5.41) is 12.3. The average Bonchev–Trinajstić information content (AvgIpc) is 2.17. The number of pyridine rings is 1. The third-order valence-corrected chi connectivity index (χ3v) is 2.16. The summed E-state index contributed by atoms with van der Waals surface area (Å²) >= 11 is 0. The molecule has 0 saturated carbocycles. The first-order valence-electron chi connectivity index (χ1n) is 4.18. The highest BCUT2D eigenvalue weighted by Gasteiger charge is 2.06. The van der Waals surface area contributed by atoms with Crippen LogP contribution in [0.2, 0.25) is 0 Å². The molecule has 14 heavy (non-hydrogen) atoms. The largest absolute Gasteiger partial charge is 0.270 e. The minimum absolute atomic E-state index is 0.114. The van der Waals surface area contributed by atoms with Crippen molar-refractivity contribution in [2.75, 3.05) is 0 Å². The lowest BCUT2D eigenvalue weighted by Gasteiger charge is -1.99. The van der Waals surface area contributed by atoms with E-state index in [-0.39, 0.29) is 5.69 Å². The van der Waals surface area contributed by atoms with Crippen LogP contribution in [0.5, 0.6) is 0 Å². The summed E-state index contributed by atoms with van der Waals surface area (Å²) < 4.78 is 0. The maximum Gasteiger partial charge on any atom is 0.270 e. The number of hydrogen-bond donors (Lipinski definition) is 0. The van der Waals surface area contributed by atoms with Crippen molar-refractivity contribution in [2.45, 2.75) is 6.92 Å². The van der Waals surface area contributed by atoms with Gasteiger partial charge in [0.15, 0.2) is 0 Å². The van der Waals surface area contributed by atoms with E-state index >= 15 is 0 Å². The zero-order valence-corrected chi connectivity index (χ0v) is 7.60. The van der Waals surface area contributed by atoms with E-state index in [1.165, 1.54) is 6.07 Å². The molecule has 2 rings (SSSR count). The van der Waals surface area contributed by atoms with Crippen LogP contribution in [0.1, 0.15) is 5.69 Å². The van der Waals surface area contributed by atoms with E-state index in [2.05, 4.69) is 4.98 Å². The first-order chi connectivity index (χ1) is 6.68. The van der Waals surface area contributed by atoms with Crippen LogP contribution in [0, 0.1) is 17.0 Å². The van der Waals surface area contributed by atoms with Crippen molar-refractivity contribution in [1.29, 1.82) is 0 Å². The van der Waals surface area contributed by atoms with E-state index in [9.17, 15) is 10.1 Å². The van der Waals surface area contributed by atoms with Crippen LogP contribution < -0.4 is 0 Å². The van der Waals surface area contributed by atoms with Gasteiger partial charge in [0.1, 0.15) is 0 Å². The van der Waals surface area contributed by atoms with Crippen LogP contribution >= 0.6 is 0 Å². The Morgan fingerprint density at radius 2 is 2.14 bits per heavy atom. The Morgan fingerprint density at radius 3 is 2.86 bits per heavy atom. The molecule has 0 fully saturated rings. The van der Waals surface area contributed by atoms with Crippen molar-refractivity contribution < 1.29 is 4.92 Å². The van der Waals surface area contributed by atoms with E-state index in [4.69, 9.17) is 0 Å². The average molecular weight is 188 g/mol. The molecule has 0 amide bonds. The molecule has 0 spiro atoms. The van der Waals surface area contributed by atoms with Gasteiger partial charge in [-0.3, -0.25) is 15.1 Å². The number of benzene rings is 1. The lowest BCUT2D eigenvalue weighted by Crippen LogP contribution is -1.89. The molecule has 0 atom stereocenters. The summed E-state index contributed by atoms with van der Waals surface area (Å²) in [4.78, 5) is 14.2. The molecule has 0 bridgehead atoms. The first kappa shape index (κ1) is 8.62. The van der Waals surface area contributed by atoms with Crippen molar-refractivity contribution >= 4 is 16.5 Å². The van der Waals surface area contributed by atoms with Gasteiger partial charge in [-0.25, -0.2) is 0 Å². The molecule has 0 unspecified atom stereocenters. The van der Waals surface area contributed by atoms with Crippen LogP contribution in [-0.4, -0.2) is 9.91 Å². The van der Waals surface area contributed by atoms with Crippen molar-refractivity contribution in [1.82, 2.24) is 4.98 Å². The molecule has 1 aromatic carbocycles. The molecule has 4 nitrogen and oxygen atoms in total. The summed E-state index contributed by atoms with van der Waals surface area (Å²) in [5.41, 5.74) is 1.00. The highest BCUT2D eigenvalue weighted by atomic mass is 16.6. The van der Waals surface area contributed by atoms with Crippen LogP contribution in [-0.2, 0) is 0 Å². The number of hydrogen-bond acceptors (Lipinski definition) is 3. The second-order valence-electron chi connectivity index (χ2n) is 3.06. The Balaban J connectivity index is 2.73. The standard InChI is InChI=1S/C10H8N2O2/c1-7-10-3-2-9(12(13)14)6-8(10)4-5-11-7/h2-6H,1H3. The van der Waals surface area contributed by atoms with Crippen LogP contribution in [0.4, 0.5) is 5.69 Å². The number of nitro benzene ring substituents is 1. The van der Waals surface area contributed by atoms with Crippen LogP contribution in [0.15, 0.2) is 30.5 Å². The third kappa shape index (κ3) is 1.31. The van der Waals surface area contributed by atoms with Crippen molar-refractivity contribution in [3.05, 3.63) is 46.3 Å². The number of aryl methyl sites for hydroxylation is 1. The fourth-order valence-corrected chi connectivity index (χ4v) is 1.43. The van der Waals surface area contributed by atoms with E-state index in [1.807, 2.05) is 6.92 Å². The number of rotatable bonds is 1. The summed E-state index contributed by atoms with van der Waals surface area (Å²) in [5.74, 6) is 0. The van der Waals surface area contributed by atoms with Crippen LogP contribution in [0.25, 0.3) is 10.8 Å². The minimum atomic E-state index is -0.394. The van der Waals surface area contributed by atoms with Gasteiger partial charge in [-0.2, -0.15) is 0 Å². The Bertz CT molecular complexity index is 508. The highest BCUT2D eigenvalue weighted by molar-refractivity contribution is 5.86. The molecular formula is C10H8N2O2. The molecule has 0 saturated heterocycles. The number of aromatic nitrogens is 1. The molecule has 4 heteroatoms. The summed E-state index contributed by atoms with van der Waals surface area (Å²) in [6.07, 6.45) is 1.65. The second kappa shape index (κ2) is 3.06. The molecule has 2 aromatic rings. The quantitative estimate of drug-likeness (QED) is 0.510. The summed E-state index contributed by atoms with van der Waals surface area (Å²) in [7, 11) is 0. The lowest BCUT2D eigenvalue weighted by molar-refractivity contribution is -0.384. The van der Waals surface area contributed by atoms with Crippen LogP contribution in [0.3, 0.4) is 0 Å². The Labute approximate surface area is 80.4 Å². The number of fused-ring (bicyclic) bond motifs is 1. The van der Waals surface area contributed by atoms with Crippen molar-refractivity contribution in [3.63, 3.8) is 0 Å². The Kier molecular flexibility index (Phi) is 1.89. The van der Waals surface area contributed by atoms with E-state index in [1.54, 1.807) is 24.4 Å². The lowest BCUT2D eigenvalue weighted by atomic mass is 10.1. The molecule has 0 aliphatic rings. The van der Waals surface area contributed by atoms with Gasteiger partial charge in [0, 0.05) is 29.4 Å². The van der Waals surface area contributed by atoms with E-state index in [0.29, 0.717) is 0 Å². The highest BCUT2D eigenvalue weighted by Crippen LogP contribution is 2.21. The molecule has 0 radical (unpaired) electrons. The van der Waals surface area contributed by atoms with Gasteiger partial charge in [-0.15, -0.1) is 0 Å². The molecule has 70 valence electrons. The molecule has 0 aliphatic carbocycles. The first-order valence-corrected chi connectivity index (χ1v) is 4.18. The monoisotopic (exact) mass is 188 g/mol. The molecule has 1 aromatic heterocycles. The zero-order chi connectivity index (χ0) is 10.1. The molecule has 0 aliphatic heterocycles. The predicted molar refractivity (Wildman–Crippen MR) is 53.1 cm³/mol.